The fourth-order valence-electron chi connectivity index (χ4n) is 4.45. The van der Waals surface area contributed by atoms with Crippen LogP contribution in [0.1, 0.15) is 35.1 Å². The molecule has 144 valence electrons. The van der Waals surface area contributed by atoms with Gasteiger partial charge in [-0.05, 0) is 85.7 Å². The van der Waals surface area contributed by atoms with Gasteiger partial charge < -0.3 is 14.7 Å². The third kappa shape index (κ3) is 3.76. The van der Waals surface area contributed by atoms with Crippen molar-refractivity contribution >= 4 is 5.76 Å². The monoisotopic (exact) mass is 374 g/mol. The molecule has 1 spiro atoms. The van der Waals surface area contributed by atoms with Gasteiger partial charge in [0.2, 0.25) is 0 Å². The van der Waals surface area contributed by atoms with E-state index in [-0.39, 0.29) is 5.41 Å². The van der Waals surface area contributed by atoms with Crippen LogP contribution in [0.3, 0.4) is 0 Å². The molecular weight excluding hydrogens is 348 g/mol. The molecule has 2 aliphatic rings. The van der Waals surface area contributed by atoms with Crippen LogP contribution in [-0.2, 0) is 12.8 Å². The number of methoxy groups -OCH3 is 1. The van der Waals surface area contributed by atoms with Gasteiger partial charge in [-0.2, -0.15) is 5.26 Å². The fourth-order valence-corrected chi connectivity index (χ4v) is 4.45. The first-order valence-electron chi connectivity index (χ1n) is 9.91. The van der Waals surface area contributed by atoms with Crippen molar-refractivity contribution < 1.29 is 9.84 Å². The van der Waals surface area contributed by atoms with E-state index in [0.717, 1.165) is 56.6 Å². The van der Waals surface area contributed by atoms with Crippen molar-refractivity contribution in [1.29, 1.82) is 5.26 Å². The number of fused-ring (bicyclic) bond motifs is 1. The normalized spacial score (nSPS) is 18.2. The van der Waals surface area contributed by atoms with Gasteiger partial charge in [-0.1, -0.05) is 18.2 Å². The van der Waals surface area contributed by atoms with Crippen LogP contribution in [-0.4, -0.2) is 36.8 Å². The summed E-state index contributed by atoms with van der Waals surface area (Å²) in [7, 11) is 1.65. The van der Waals surface area contributed by atoms with E-state index in [1.54, 1.807) is 7.11 Å². The van der Waals surface area contributed by atoms with Gasteiger partial charge in [0, 0.05) is 12.1 Å². The Labute approximate surface area is 166 Å². The fraction of sp³-hybridized carbons (Fsp3) is 0.375. The van der Waals surface area contributed by atoms with Crippen LogP contribution in [0.2, 0.25) is 0 Å². The van der Waals surface area contributed by atoms with Crippen molar-refractivity contribution in [1.82, 2.24) is 4.90 Å². The predicted octanol–water partition coefficient (Wildman–Crippen LogP) is 4.35. The molecule has 2 aromatic rings. The van der Waals surface area contributed by atoms with Crippen LogP contribution in [0.15, 0.2) is 48.5 Å². The van der Waals surface area contributed by atoms with E-state index in [2.05, 4.69) is 35.2 Å². The minimum absolute atomic E-state index is 0.0661. The van der Waals surface area contributed by atoms with Gasteiger partial charge in [0.1, 0.15) is 11.5 Å². The lowest BCUT2D eigenvalue weighted by atomic mass is 9.69. The van der Waals surface area contributed by atoms with Gasteiger partial charge in [0.05, 0.1) is 18.7 Å². The van der Waals surface area contributed by atoms with E-state index in [4.69, 9.17) is 10.00 Å². The summed E-state index contributed by atoms with van der Waals surface area (Å²) in [5, 5.41) is 19.5. The van der Waals surface area contributed by atoms with Crippen LogP contribution < -0.4 is 4.74 Å². The zero-order valence-corrected chi connectivity index (χ0v) is 16.3. The standard InChI is InChI=1S/C24H26N2O2/c1-28-21-7-6-20-15-24(16-23(27)22(20)14-21)9-12-26(13-10-24)11-8-18-2-4-19(17-25)5-3-18/h2-7,14,16,27H,8-13,15H2,1H3. The molecule has 0 aromatic heterocycles. The molecule has 0 bridgehead atoms. The average Bonchev–Trinajstić information content (AvgIpc) is 2.73. The van der Waals surface area contributed by atoms with E-state index in [9.17, 15) is 5.11 Å². The highest BCUT2D eigenvalue weighted by atomic mass is 16.5. The number of hydrogen-bond acceptors (Lipinski definition) is 4. The smallest absolute Gasteiger partial charge is 0.119 e. The Morgan fingerprint density at radius 1 is 1.14 bits per heavy atom. The number of likely N-dealkylation sites (tertiary alicyclic amines) is 1. The lowest BCUT2D eigenvalue weighted by molar-refractivity contribution is 0.138. The minimum atomic E-state index is 0.0661. The Bertz CT molecular complexity index is 917. The van der Waals surface area contributed by atoms with E-state index in [0.29, 0.717) is 11.3 Å². The summed E-state index contributed by atoms with van der Waals surface area (Å²) < 4.78 is 5.30. The first-order valence-corrected chi connectivity index (χ1v) is 9.91. The maximum Gasteiger partial charge on any atom is 0.119 e. The maximum atomic E-state index is 10.6. The number of rotatable bonds is 4. The van der Waals surface area contributed by atoms with Crippen LogP contribution in [0, 0.1) is 16.7 Å². The highest BCUT2D eigenvalue weighted by Gasteiger charge is 2.37. The summed E-state index contributed by atoms with van der Waals surface area (Å²) in [6.07, 6.45) is 6.21. The number of hydrogen-bond donors (Lipinski definition) is 1. The van der Waals surface area contributed by atoms with Crippen molar-refractivity contribution in [2.45, 2.75) is 25.7 Å². The third-order valence-corrected chi connectivity index (χ3v) is 6.23. The van der Waals surface area contributed by atoms with Gasteiger partial charge in [0.15, 0.2) is 0 Å². The summed E-state index contributed by atoms with van der Waals surface area (Å²) in [5.41, 5.74) is 4.18. The molecule has 0 atom stereocenters. The second-order valence-electron chi connectivity index (χ2n) is 7.99. The van der Waals surface area contributed by atoms with Crippen molar-refractivity contribution in [3.05, 3.63) is 70.8 Å². The maximum absolute atomic E-state index is 10.6. The predicted molar refractivity (Wildman–Crippen MR) is 110 cm³/mol. The van der Waals surface area contributed by atoms with Gasteiger partial charge >= 0.3 is 0 Å². The number of nitriles is 1. The lowest BCUT2D eigenvalue weighted by Crippen LogP contribution is -2.42. The Balaban J connectivity index is 1.37. The summed E-state index contributed by atoms with van der Waals surface area (Å²) in [6.45, 7) is 3.13. The van der Waals surface area contributed by atoms with E-state index in [1.807, 2.05) is 24.3 Å². The summed E-state index contributed by atoms with van der Waals surface area (Å²) in [5.74, 6) is 1.18. The van der Waals surface area contributed by atoms with Crippen LogP contribution in [0.5, 0.6) is 5.75 Å². The second kappa shape index (κ2) is 7.69. The quantitative estimate of drug-likeness (QED) is 0.865. The Morgan fingerprint density at radius 2 is 1.89 bits per heavy atom. The highest BCUT2D eigenvalue weighted by molar-refractivity contribution is 5.67. The zero-order chi connectivity index (χ0) is 19.6. The van der Waals surface area contributed by atoms with E-state index >= 15 is 0 Å². The lowest BCUT2D eigenvalue weighted by Gasteiger charge is -2.42. The molecule has 1 aliphatic heterocycles. The Morgan fingerprint density at radius 3 is 2.57 bits per heavy atom. The number of benzene rings is 2. The number of aliphatic hydroxyl groups excluding tert-OH is 1. The molecule has 1 saturated heterocycles. The molecule has 4 rings (SSSR count). The molecule has 4 heteroatoms. The van der Waals surface area contributed by atoms with Gasteiger partial charge in [-0.3, -0.25) is 0 Å². The molecule has 2 aromatic carbocycles. The Hall–Kier alpha value is -2.77. The third-order valence-electron chi connectivity index (χ3n) is 6.23. The summed E-state index contributed by atoms with van der Waals surface area (Å²) in [4.78, 5) is 2.51. The van der Waals surface area contributed by atoms with Crippen LogP contribution in [0.25, 0.3) is 5.76 Å². The van der Waals surface area contributed by atoms with Gasteiger partial charge in [0.25, 0.3) is 0 Å². The highest BCUT2D eigenvalue weighted by Crippen LogP contribution is 2.43. The summed E-state index contributed by atoms with van der Waals surface area (Å²) >= 11 is 0. The largest absolute Gasteiger partial charge is 0.508 e. The van der Waals surface area contributed by atoms with Gasteiger partial charge in [-0.25, -0.2) is 0 Å². The number of allylic oxidation sites excluding steroid dienone is 1. The topological polar surface area (TPSA) is 56.5 Å². The first-order chi connectivity index (χ1) is 13.6. The average molecular weight is 374 g/mol. The van der Waals surface area contributed by atoms with E-state index < -0.39 is 0 Å². The molecule has 28 heavy (non-hydrogen) atoms. The molecule has 1 heterocycles. The number of piperidine rings is 1. The molecule has 0 amide bonds. The van der Waals surface area contributed by atoms with Crippen molar-refractivity contribution in [3.63, 3.8) is 0 Å². The van der Waals surface area contributed by atoms with Crippen LogP contribution >= 0.6 is 0 Å². The molecule has 1 aliphatic carbocycles. The SMILES string of the molecule is COc1ccc2c(c1)C(O)=CC1(CCN(CCc3ccc(C#N)cc3)CC1)C2. The van der Waals surface area contributed by atoms with Gasteiger partial charge in [-0.15, -0.1) is 0 Å². The molecule has 1 fully saturated rings. The number of nitrogens with zero attached hydrogens (tertiary/aromatic N) is 2. The minimum Gasteiger partial charge on any atom is -0.508 e. The number of ether oxygens (including phenoxy) is 1. The Kier molecular flexibility index (Phi) is 5.11. The molecule has 0 unspecified atom stereocenters. The van der Waals surface area contributed by atoms with Crippen LogP contribution in [0.4, 0.5) is 0 Å². The van der Waals surface area contributed by atoms with Crippen molar-refractivity contribution in [3.8, 4) is 11.8 Å². The molecule has 0 radical (unpaired) electrons. The van der Waals surface area contributed by atoms with Crippen molar-refractivity contribution in [2.75, 3.05) is 26.7 Å². The first kappa shape index (κ1) is 18.6. The number of aliphatic hydroxyl groups is 1. The molecule has 4 nitrogen and oxygen atoms in total. The molecule has 1 N–H and O–H groups in total. The summed E-state index contributed by atoms with van der Waals surface area (Å²) in [6, 6.07) is 16.1. The molecular formula is C24H26N2O2. The second-order valence-corrected chi connectivity index (χ2v) is 7.99. The van der Waals surface area contributed by atoms with Crippen molar-refractivity contribution in [2.24, 2.45) is 5.41 Å². The zero-order valence-electron chi connectivity index (χ0n) is 16.3. The molecule has 0 saturated carbocycles. The van der Waals surface area contributed by atoms with E-state index in [1.165, 1.54) is 11.1 Å².